The van der Waals surface area contributed by atoms with Crippen molar-refractivity contribution in [2.75, 3.05) is 0 Å². The standard InChI is InChI=1S/C18H19N5O3/c1-14(12-13-15-8-4-2-5-9-15)19-17-18(23(25)26)20-21(22(17)24)16-10-6-3-7-11-16/h2-11,14,24H,12-13H2,1H3. The number of nitro groups is 1. The minimum absolute atomic E-state index is 0.167. The number of hydrogen-bond donors (Lipinski definition) is 1. The van der Waals surface area contributed by atoms with Gasteiger partial charge >= 0.3 is 5.82 Å². The van der Waals surface area contributed by atoms with E-state index in [1.807, 2.05) is 37.3 Å². The van der Waals surface area contributed by atoms with Crippen LogP contribution in [0, 0.1) is 10.1 Å². The van der Waals surface area contributed by atoms with Crippen LogP contribution in [0.5, 0.6) is 0 Å². The van der Waals surface area contributed by atoms with Gasteiger partial charge in [0.15, 0.2) is 0 Å². The molecule has 1 heterocycles. The lowest BCUT2D eigenvalue weighted by Gasteiger charge is -2.05. The Morgan fingerprint density at radius 3 is 2.38 bits per heavy atom. The Balaban J connectivity index is 1.91. The van der Waals surface area contributed by atoms with Crippen molar-refractivity contribution in [1.82, 2.24) is 14.7 Å². The quantitative estimate of drug-likeness (QED) is 0.418. The van der Waals surface area contributed by atoms with Gasteiger partial charge in [-0.3, -0.25) is 4.99 Å². The van der Waals surface area contributed by atoms with Gasteiger partial charge in [-0.25, -0.2) is 0 Å². The first-order valence-corrected chi connectivity index (χ1v) is 8.25. The molecule has 0 bridgehead atoms. The lowest BCUT2D eigenvalue weighted by molar-refractivity contribution is -0.391. The molecule has 8 nitrogen and oxygen atoms in total. The molecule has 1 N–H and O–H groups in total. The molecule has 0 spiro atoms. The number of nitrogens with zero attached hydrogens (tertiary/aromatic N) is 5. The van der Waals surface area contributed by atoms with Crippen molar-refractivity contribution in [2.45, 2.75) is 25.8 Å². The minimum Gasteiger partial charge on any atom is -0.409 e. The van der Waals surface area contributed by atoms with Crippen LogP contribution in [-0.2, 0) is 6.42 Å². The highest BCUT2D eigenvalue weighted by Crippen LogP contribution is 2.10. The zero-order valence-corrected chi connectivity index (χ0v) is 14.3. The summed E-state index contributed by atoms with van der Waals surface area (Å²) in [5, 5.41) is 25.6. The van der Waals surface area contributed by atoms with E-state index in [0.29, 0.717) is 17.0 Å². The highest BCUT2D eigenvalue weighted by atomic mass is 16.6. The molecular weight excluding hydrogens is 334 g/mol. The summed E-state index contributed by atoms with van der Waals surface area (Å²) in [6.07, 6.45) is 1.48. The van der Waals surface area contributed by atoms with Crippen LogP contribution in [0.25, 0.3) is 5.69 Å². The molecular formula is C18H19N5O3. The third-order valence-corrected chi connectivity index (χ3v) is 3.95. The molecule has 0 aliphatic heterocycles. The van der Waals surface area contributed by atoms with E-state index in [-0.39, 0.29) is 11.5 Å². The fraction of sp³-hybridized carbons (Fsp3) is 0.222. The zero-order chi connectivity index (χ0) is 18.5. The predicted molar refractivity (Wildman–Crippen MR) is 95.2 cm³/mol. The molecule has 134 valence electrons. The molecule has 0 fully saturated rings. The van der Waals surface area contributed by atoms with Crippen LogP contribution in [0.1, 0.15) is 18.9 Å². The van der Waals surface area contributed by atoms with Gasteiger partial charge in [-0.1, -0.05) is 53.4 Å². The first kappa shape index (κ1) is 17.4. The molecule has 0 aliphatic carbocycles. The molecule has 8 heteroatoms. The van der Waals surface area contributed by atoms with Crippen LogP contribution < -0.4 is 5.49 Å². The van der Waals surface area contributed by atoms with Crippen LogP contribution in [0.2, 0.25) is 0 Å². The maximum absolute atomic E-state index is 11.3. The Hall–Kier alpha value is -3.42. The van der Waals surface area contributed by atoms with Gasteiger partial charge in [-0.05, 0) is 47.2 Å². The zero-order valence-electron chi connectivity index (χ0n) is 14.3. The van der Waals surface area contributed by atoms with Crippen LogP contribution >= 0.6 is 0 Å². The van der Waals surface area contributed by atoms with Gasteiger partial charge in [0, 0.05) is 0 Å². The fourth-order valence-corrected chi connectivity index (χ4v) is 2.61. The average Bonchev–Trinajstić information content (AvgIpc) is 2.98. The van der Waals surface area contributed by atoms with Gasteiger partial charge in [0.1, 0.15) is 5.69 Å². The number of aryl methyl sites for hydroxylation is 1. The van der Waals surface area contributed by atoms with Crippen LogP contribution in [-0.4, -0.2) is 30.9 Å². The summed E-state index contributed by atoms with van der Waals surface area (Å²) in [7, 11) is 0. The van der Waals surface area contributed by atoms with E-state index in [0.717, 1.165) is 11.2 Å². The molecule has 1 aromatic heterocycles. The fourth-order valence-electron chi connectivity index (χ4n) is 2.61. The second-order valence-corrected chi connectivity index (χ2v) is 5.92. The van der Waals surface area contributed by atoms with E-state index < -0.39 is 10.7 Å². The van der Waals surface area contributed by atoms with Gasteiger partial charge < -0.3 is 15.3 Å². The molecule has 3 rings (SSSR count). The largest absolute Gasteiger partial charge is 0.438 e. The summed E-state index contributed by atoms with van der Waals surface area (Å²) < 4.78 is 0. The van der Waals surface area contributed by atoms with E-state index in [9.17, 15) is 15.3 Å². The Labute approximate surface area is 149 Å². The maximum Gasteiger partial charge on any atom is 0.438 e. The van der Waals surface area contributed by atoms with Gasteiger partial charge in [-0.2, -0.15) is 0 Å². The van der Waals surface area contributed by atoms with E-state index >= 15 is 0 Å². The molecule has 0 aliphatic rings. The molecule has 1 unspecified atom stereocenters. The Bertz CT molecular complexity index is 948. The first-order chi connectivity index (χ1) is 12.6. The van der Waals surface area contributed by atoms with Gasteiger partial charge in [0.25, 0.3) is 5.49 Å². The second kappa shape index (κ2) is 7.64. The van der Waals surface area contributed by atoms with E-state index in [1.165, 1.54) is 5.56 Å². The smallest absolute Gasteiger partial charge is 0.409 e. The van der Waals surface area contributed by atoms with E-state index in [4.69, 9.17) is 0 Å². The summed E-state index contributed by atoms with van der Waals surface area (Å²) >= 11 is 0. The number of rotatable bonds is 6. The lowest BCUT2D eigenvalue weighted by Crippen LogP contribution is -2.24. The van der Waals surface area contributed by atoms with Crippen molar-refractivity contribution < 1.29 is 10.1 Å². The van der Waals surface area contributed by atoms with E-state index in [1.54, 1.807) is 30.3 Å². The monoisotopic (exact) mass is 353 g/mol. The summed E-state index contributed by atoms with van der Waals surface area (Å²) in [5.41, 5.74) is 1.50. The minimum atomic E-state index is -0.644. The van der Waals surface area contributed by atoms with Gasteiger partial charge in [0.2, 0.25) is 0 Å². The second-order valence-electron chi connectivity index (χ2n) is 5.92. The molecule has 0 amide bonds. The summed E-state index contributed by atoms with van der Waals surface area (Å²) in [5.74, 6) is -0.483. The van der Waals surface area contributed by atoms with Crippen molar-refractivity contribution in [1.29, 1.82) is 0 Å². The molecule has 3 aromatic rings. The Morgan fingerprint density at radius 1 is 1.15 bits per heavy atom. The summed E-state index contributed by atoms with van der Waals surface area (Å²) in [6.45, 7) is 1.85. The van der Waals surface area contributed by atoms with Gasteiger partial charge in [0.05, 0.1) is 11.1 Å². The van der Waals surface area contributed by atoms with Crippen LogP contribution in [0.15, 0.2) is 65.7 Å². The van der Waals surface area contributed by atoms with Crippen molar-refractivity contribution >= 4 is 5.82 Å². The lowest BCUT2D eigenvalue weighted by atomic mass is 10.1. The molecule has 0 radical (unpaired) electrons. The molecule has 26 heavy (non-hydrogen) atoms. The Kier molecular flexibility index (Phi) is 5.12. The average molecular weight is 353 g/mol. The van der Waals surface area contributed by atoms with Crippen molar-refractivity contribution in [2.24, 2.45) is 4.99 Å². The number of hydrogen-bond acceptors (Lipinski definition) is 5. The molecule has 0 saturated carbocycles. The van der Waals surface area contributed by atoms with Crippen molar-refractivity contribution in [3.63, 3.8) is 0 Å². The SMILES string of the molecule is CC(CCc1ccccc1)N=c1c([N+](=O)[O-])nn(-c2ccccc2)n1O. The van der Waals surface area contributed by atoms with E-state index in [2.05, 4.69) is 10.1 Å². The summed E-state index contributed by atoms with van der Waals surface area (Å²) in [6, 6.07) is 18.4. The number of benzene rings is 2. The highest BCUT2D eigenvalue weighted by molar-refractivity contribution is 5.29. The van der Waals surface area contributed by atoms with Crippen LogP contribution in [0.3, 0.4) is 0 Å². The van der Waals surface area contributed by atoms with Gasteiger partial charge in [-0.15, -0.1) is 0 Å². The normalized spacial score (nSPS) is 12.9. The predicted octanol–water partition coefficient (Wildman–Crippen LogP) is 2.74. The third-order valence-electron chi connectivity index (χ3n) is 3.95. The summed E-state index contributed by atoms with van der Waals surface area (Å²) in [4.78, 5) is 16.7. The number of aromatic nitrogens is 3. The molecule has 0 saturated heterocycles. The maximum atomic E-state index is 11.3. The first-order valence-electron chi connectivity index (χ1n) is 8.25. The topological polar surface area (TPSA) is 98.5 Å². The highest BCUT2D eigenvalue weighted by Gasteiger charge is 2.24. The van der Waals surface area contributed by atoms with Crippen molar-refractivity contribution in [3.05, 3.63) is 81.8 Å². The molecule has 1 atom stereocenters. The van der Waals surface area contributed by atoms with Crippen LogP contribution in [0.4, 0.5) is 5.82 Å². The van der Waals surface area contributed by atoms with Crippen molar-refractivity contribution in [3.8, 4) is 5.69 Å². The Morgan fingerprint density at radius 2 is 1.77 bits per heavy atom. The molecule has 2 aromatic carbocycles. The number of para-hydroxylation sites is 1. The third kappa shape index (κ3) is 3.80.